The molecule has 4 rings (SSSR count). The topological polar surface area (TPSA) is 62.8 Å². The summed E-state index contributed by atoms with van der Waals surface area (Å²) in [7, 11) is 0. The van der Waals surface area contributed by atoms with E-state index >= 15 is 0 Å². The maximum absolute atomic E-state index is 6.36. The number of aryl methyl sites for hydroxylation is 1. The lowest BCUT2D eigenvalue weighted by Crippen LogP contribution is -1.93. The highest BCUT2D eigenvalue weighted by Crippen LogP contribution is 2.33. The molecule has 5 nitrogen and oxygen atoms in total. The monoisotopic (exact) mass is 350 g/mol. The summed E-state index contributed by atoms with van der Waals surface area (Å²) in [4.78, 5) is 4.33. The zero-order valence-electron chi connectivity index (χ0n) is 13.5. The molecule has 0 radical (unpaired) electrons. The number of aromatic nitrogens is 3. The van der Waals surface area contributed by atoms with Crippen molar-refractivity contribution in [3.63, 3.8) is 0 Å². The van der Waals surface area contributed by atoms with Crippen LogP contribution in [-0.2, 0) is 0 Å². The molecule has 0 aliphatic carbocycles. The summed E-state index contributed by atoms with van der Waals surface area (Å²) in [6, 6.07) is 17.1. The van der Waals surface area contributed by atoms with Gasteiger partial charge < -0.3 is 10.1 Å². The Labute approximate surface area is 149 Å². The number of nitrogens with one attached hydrogen (secondary N) is 2. The minimum atomic E-state index is 0.512. The van der Waals surface area contributed by atoms with Gasteiger partial charge in [-0.05, 0) is 49.4 Å². The Hall–Kier alpha value is -3.05. The first-order valence-electron chi connectivity index (χ1n) is 7.79. The molecule has 0 unspecified atom stereocenters. The molecule has 0 atom stereocenters. The number of aromatic amines is 1. The molecule has 124 valence electrons. The SMILES string of the molecule is Cc1ccc(Oc2ccc(Nc3n[nH]c4cccnc34)cc2Cl)cc1. The van der Waals surface area contributed by atoms with Crippen LogP contribution < -0.4 is 10.1 Å². The number of benzene rings is 2. The van der Waals surface area contributed by atoms with Gasteiger partial charge >= 0.3 is 0 Å². The van der Waals surface area contributed by atoms with Crippen molar-refractivity contribution in [3.8, 4) is 11.5 Å². The van der Waals surface area contributed by atoms with Crippen LogP contribution in [0.5, 0.6) is 11.5 Å². The molecule has 2 aromatic heterocycles. The summed E-state index contributed by atoms with van der Waals surface area (Å²) in [5.74, 6) is 2.00. The molecule has 0 spiro atoms. The molecule has 0 saturated carbocycles. The number of pyridine rings is 1. The van der Waals surface area contributed by atoms with Gasteiger partial charge in [0.15, 0.2) is 5.82 Å². The predicted molar refractivity (Wildman–Crippen MR) is 99.9 cm³/mol. The molecule has 0 bridgehead atoms. The lowest BCUT2D eigenvalue weighted by Gasteiger charge is -2.10. The molecule has 6 heteroatoms. The van der Waals surface area contributed by atoms with Crippen molar-refractivity contribution in [1.29, 1.82) is 0 Å². The van der Waals surface area contributed by atoms with Crippen LogP contribution in [0.2, 0.25) is 5.02 Å². The molecule has 0 saturated heterocycles. The fourth-order valence-electron chi connectivity index (χ4n) is 2.47. The standard InChI is InChI=1S/C19H15ClN4O/c1-12-4-7-14(8-5-12)25-17-9-6-13(11-15(17)20)22-19-18-16(23-24-19)3-2-10-21-18/h2-11H,1H3,(H2,22,23,24). The molecule has 0 amide bonds. The lowest BCUT2D eigenvalue weighted by atomic mass is 10.2. The van der Waals surface area contributed by atoms with Crippen molar-refractivity contribution in [2.45, 2.75) is 6.92 Å². The first-order chi connectivity index (χ1) is 12.2. The van der Waals surface area contributed by atoms with Crippen molar-refractivity contribution in [2.75, 3.05) is 5.32 Å². The quantitative estimate of drug-likeness (QED) is 0.513. The summed E-state index contributed by atoms with van der Waals surface area (Å²) < 4.78 is 5.83. The summed E-state index contributed by atoms with van der Waals surface area (Å²) in [5, 5.41) is 10.9. The smallest absolute Gasteiger partial charge is 0.178 e. The largest absolute Gasteiger partial charge is 0.456 e. The Morgan fingerprint density at radius 1 is 1.08 bits per heavy atom. The number of hydrogen-bond donors (Lipinski definition) is 2. The zero-order valence-corrected chi connectivity index (χ0v) is 14.2. The second-order valence-corrected chi connectivity index (χ2v) is 6.06. The van der Waals surface area contributed by atoms with Gasteiger partial charge in [-0.15, -0.1) is 0 Å². The second-order valence-electron chi connectivity index (χ2n) is 5.66. The van der Waals surface area contributed by atoms with Crippen molar-refractivity contribution in [3.05, 3.63) is 71.4 Å². The Kier molecular flexibility index (Phi) is 3.99. The van der Waals surface area contributed by atoms with Crippen LogP contribution >= 0.6 is 11.6 Å². The van der Waals surface area contributed by atoms with Crippen LogP contribution in [-0.4, -0.2) is 15.2 Å². The Balaban J connectivity index is 1.56. The van der Waals surface area contributed by atoms with Gasteiger partial charge in [0, 0.05) is 11.9 Å². The molecule has 4 aromatic rings. The van der Waals surface area contributed by atoms with Crippen molar-refractivity contribution < 1.29 is 4.74 Å². The number of halogens is 1. The zero-order chi connectivity index (χ0) is 17.2. The molecule has 2 N–H and O–H groups in total. The minimum Gasteiger partial charge on any atom is -0.456 e. The first-order valence-corrected chi connectivity index (χ1v) is 8.17. The van der Waals surface area contributed by atoms with E-state index in [-0.39, 0.29) is 0 Å². The molecule has 0 fully saturated rings. The molecular formula is C19H15ClN4O. The number of ether oxygens (including phenoxy) is 1. The highest BCUT2D eigenvalue weighted by molar-refractivity contribution is 6.32. The third-order valence-electron chi connectivity index (χ3n) is 3.76. The van der Waals surface area contributed by atoms with Gasteiger partial charge in [-0.2, -0.15) is 5.10 Å². The Bertz CT molecular complexity index is 1030. The molecule has 2 aromatic carbocycles. The highest BCUT2D eigenvalue weighted by Gasteiger charge is 2.09. The predicted octanol–water partition coefficient (Wildman–Crippen LogP) is 5.46. The van der Waals surface area contributed by atoms with E-state index in [9.17, 15) is 0 Å². The van der Waals surface area contributed by atoms with E-state index < -0.39 is 0 Å². The van der Waals surface area contributed by atoms with Crippen LogP contribution in [0.3, 0.4) is 0 Å². The van der Waals surface area contributed by atoms with E-state index in [4.69, 9.17) is 16.3 Å². The number of anilines is 2. The average Bonchev–Trinajstić information content (AvgIpc) is 3.02. The Morgan fingerprint density at radius 2 is 1.92 bits per heavy atom. The van der Waals surface area contributed by atoms with Gasteiger partial charge in [0.2, 0.25) is 0 Å². The third-order valence-corrected chi connectivity index (χ3v) is 4.06. The Morgan fingerprint density at radius 3 is 2.72 bits per heavy atom. The van der Waals surface area contributed by atoms with E-state index in [1.807, 2.05) is 55.5 Å². The second kappa shape index (κ2) is 6.45. The van der Waals surface area contributed by atoms with Gasteiger partial charge in [-0.25, -0.2) is 0 Å². The fraction of sp³-hybridized carbons (Fsp3) is 0.0526. The average molecular weight is 351 g/mol. The van der Waals surface area contributed by atoms with Gasteiger partial charge in [-0.3, -0.25) is 10.1 Å². The van der Waals surface area contributed by atoms with Crippen LogP contribution in [0.1, 0.15) is 5.56 Å². The van der Waals surface area contributed by atoms with Crippen molar-refractivity contribution in [2.24, 2.45) is 0 Å². The van der Waals surface area contributed by atoms with E-state index in [1.165, 1.54) is 5.56 Å². The van der Waals surface area contributed by atoms with Crippen LogP contribution in [0.25, 0.3) is 11.0 Å². The number of nitrogens with zero attached hydrogens (tertiary/aromatic N) is 2. The van der Waals surface area contributed by atoms with Gasteiger partial charge in [-0.1, -0.05) is 29.3 Å². The normalized spacial score (nSPS) is 10.8. The maximum Gasteiger partial charge on any atom is 0.178 e. The number of hydrogen-bond acceptors (Lipinski definition) is 4. The molecule has 0 aliphatic rings. The van der Waals surface area contributed by atoms with E-state index in [0.717, 1.165) is 22.5 Å². The van der Waals surface area contributed by atoms with Crippen molar-refractivity contribution >= 4 is 34.1 Å². The molecule has 0 aliphatic heterocycles. The summed E-state index contributed by atoms with van der Waals surface area (Å²) in [6.45, 7) is 2.03. The number of fused-ring (bicyclic) bond motifs is 1. The van der Waals surface area contributed by atoms with Crippen molar-refractivity contribution in [1.82, 2.24) is 15.2 Å². The van der Waals surface area contributed by atoms with Gasteiger partial charge in [0.05, 0.1) is 10.5 Å². The number of H-pyrrole nitrogens is 1. The van der Waals surface area contributed by atoms with Crippen LogP contribution in [0.15, 0.2) is 60.8 Å². The summed E-state index contributed by atoms with van der Waals surface area (Å²) in [6.07, 6.45) is 1.73. The molecular weight excluding hydrogens is 336 g/mol. The fourth-order valence-corrected chi connectivity index (χ4v) is 2.69. The lowest BCUT2D eigenvalue weighted by molar-refractivity contribution is 0.483. The number of rotatable bonds is 4. The van der Waals surface area contributed by atoms with Crippen LogP contribution in [0, 0.1) is 6.92 Å². The summed E-state index contributed by atoms with van der Waals surface area (Å²) in [5.41, 5.74) is 3.63. The maximum atomic E-state index is 6.36. The van der Waals surface area contributed by atoms with Gasteiger partial charge in [0.1, 0.15) is 17.0 Å². The molecule has 25 heavy (non-hydrogen) atoms. The van der Waals surface area contributed by atoms with E-state index in [1.54, 1.807) is 12.3 Å². The minimum absolute atomic E-state index is 0.512. The summed E-state index contributed by atoms with van der Waals surface area (Å²) >= 11 is 6.36. The van der Waals surface area contributed by atoms with E-state index in [2.05, 4.69) is 20.5 Å². The highest BCUT2D eigenvalue weighted by atomic mass is 35.5. The first kappa shape index (κ1) is 15.5. The molecule has 2 heterocycles. The van der Waals surface area contributed by atoms with Crippen LogP contribution in [0.4, 0.5) is 11.5 Å². The van der Waals surface area contributed by atoms with E-state index in [0.29, 0.717) is 16.6 Å². The third kappa shape index (κ3) is 3.27. The van der Waals surface area contributed by atoms with Gasteiger partial charge in [0.25, 0.3) is 0 Å².